The number of nitrogens with one attached hydrogen (secondary N) is 2. The first-order valence-electron chi connectivity index (χ1n) is 5.79. The molecule has 0 bridgehead atoms. The van der Waals surface area contributed by atoms with Gasteiger partial charge in [-0.1, -0.05) is 11.6 Å². The number of halogens is 1. The van der Waals surface area contributed by atoms with E-state index in [0.29, 0.717) is 11.1 Å². The van der Waals surface area contributed by atoms with Gasteiger partial charge in [0.05, 0.1) is 12.1 Å². The number of hydrogen-bond donors (Lipinski definition) is 2. The van der Waals surface area contributed by atoms with Crippen LogP contribution in [0.1, 0.15) is 18.2 Å². The van der Waals surface area contributed by atoms with Gasteiger partial charge in [-0.05, 0) is 31.0 Å². The molecule has 3 nitrogen and oxygen atoms in total. The number of benzene rings is 1. The lowest BCUT2D eigenvalue weighted by atomic mass is 9.99. The second-order valence-corrected chi connectivity index (χ2v) is 5.01. The molecule has 1 aromatic heterocycles. The predicted octanol–water partition coefficient (Wildman–Crippen LogP) is 2.86. The van der Waals surface area contributed by atoms with Crippen molar-refractivity contribution in [3.63, 3.8) is 0 Å². The number of ether oxygens (including phenoxy) is 1. The summed E-state index contributed by atoms with van der Waals surface area (Å²) in [6.07, 6.45) is 1.04. The molecule has 3 rings (SSSR count). The molecule has 0 radical (unpaired) electrons. The zero-order valence-electron chi connectivity index (χ0n) is 9.93. The number of rotatable bonds is 1. The second kappa shape index (κ2) is 3.93. The van der Waals surface area contributed by atoms with Crippen molar-refractivity contribution in [2.75, 3.05) is 7.11 Å². The number of aromatic amines is 1. The number of methoxy groups -OCH3 is 1. The fraction of sp³-hybridized carbons (Fsp3) is 0.385. The van der Waals surface area contributed by atoms with Crippen LogP contribution >= 0.6 is 11.6 Å². The molecule has 0 amide bonds. The maximum Gasteiger partial charge on any atom is 0.138 e. The van der Waals surface area contributed by atoms with Gasteiger partial charge in [0, 0.05) is 29.2 Å². The molecule has 1 aliphatic rings. The van der Waals surface area contributed by atoms with Gasteiger partial charge in [0.2, 0.25) is 0 Å². The molecule has 90 valence electrons. The molecule has 2 heterocycles. The summed E-state index contributed by atoms with van der Waals surface area (Å²) in [6, 6.07) is 4.49. The van der Waals surface area contributed by atoms with Gasteiger partial charge in [0.25, 0.3) is 0 Å². The van der Waals surface area contributed by atoms with Gasteiger partial charge in [-0.2, -0.15) is 0 Å². The minimum absolute atomic E-state index is 0.517. The number of aromatic nitrogens is 1. The van der Waals surface area contributed by atoms with Crippen LogP contribution in [0.25, 0.3) is 10.9 Å². The lowest BCUT2D eigenvalue weighted by molar-refractivity contribution is 0.415. The van der Waals surface area contributed by atoms with E-state index in [2.05, 4.69) is 17.2 Å². The summed E-state index contributed by atoms with van der Waals surface area (Å²) in [7, 11) is 1.65. The highest BCUT2D eigenvalue weighted by atomic mass is 35.5. The van der Waals surface area contributed by atoms with E-state index in [9.17, 15) is 0 Å². The van der Waals surface area contributed by atoms with E-state index in [1.54, 1.807) is 7.11 Å². The van der Waals surface area contributed by atoms with Gasteiger partial charge in [0.15, 0.2) is 0 Å². The molecule has 1 unspecified atom stereocenters. The monoisotopic (exact) mass is 250 g/mol. The highest BCUT2D eigenvalue weighted by molar-refractivity contribution is 6.32. The van der Waals surface area contributed by atoms with Gasteiger partial charge in [-0.25, -0.2) is 0 Å². The van der Waals surface area contributed by atoms with E-state index in [4.69, 9.17) is 16.3 Å². The van der Waals surface area contributed by atoms with Crippen molar-refractivity contribution in [1.29, 1.82) is 0 Å². The van der Waals surface area contributed by atoms with E-state index in [-0.39, 0.29) is 0 Å². The lowest BCUT2D eigenvalue weighted by Gasteiger charge is -2.20. The van der Waals surface area contributed by atoms with Crippen molar-refractivity contribution in [3.8, 4) is 5.75 Å². The summed E-state index contributed by atoms with van der Waals surface area (Å²) in [5, 5.41) is 5.33. The Kier molecular flexibility index (Phi) is 2.53. The van der Waals surface area contributed by atoms with Gasteiger partial charge >= 0.3 is 0 Å². The lowest BCUT2D eigenvalue weighted by Crippen LogP contribution is -2.32. The summed E-state index contributed by atoms with van der Waals surface area (Å²) in [5.41, 5.74) is 3.75. The average Bonchev–Trinajstić information content (AvgIpc) is 2.65. The summed E-state index contributed by atoms with van der Waals surface area (Å²) >= 11 is 6.13. The van der Waals surface area contributed by atoms with Crippen LogP contribution in [0.5, 0.6) is 5.75 Å². The van der Waals surface area contributed by atoms with Gasteiger partial charge in [-0.15, -0.1) is 0 Å². The van der Waals surface area contributed by atoms with Gasteiger partial charge in [-0.3, -0.25) is 0 Å². The van der Waals surface area contributed by atoms with Gasteiger partial charge < -0.3 is 15.0 Å². The molecule has 1 atom stereocenters. The predicted molar refractivity (Wildman–Crippen MR) is 69.9 cm³/mol. The maximum absolute atomic E-state index is 6.13. The van der Waals surface area contributed by atoms with Crippen LogP contribution in [-0.4, -0.2) is 18.1 Å². The SMILES string of the molecule is COc1cc2c3c([nH]c2cc1Cl)CNC(C)C3. The summed E-state index contributed by atoms with van der Waals surface area (Å²) in [6.45, 7) is 3.10. The smallest absolute Gasteiger partial charge is 0.138 e. The number of fused-ring (bicyclic) bond motifs is 3. The van der Waals surface area contributed by atoms with Crippen LogP contribution in [-0.2, 0) is 13.0 Å². The highest BCUT2D eigenvalue weighted by Crippen LogP contribution is 2.34. The Labute approximate surface area is 105 Å². The molecule has 17 heavy (non-hydrogen) atoms. The Balaban J connectivity index is 2.23. The molecule has 0 spiro atoms. The molecular weight excluding hydrogens is 236 g/mol. The number of H-pyrrole nitrogens is 1. The van der Waals surface area contributed by atoms with Crippen LogP contribution in [0, 0.1) is 0 Å². The molecule has 2 aromatic rings. The van der Waals surface area contributed by atoms with E-state index >= 15 is 0 Å². The van der Waals surface area contributed by atoms with Crippen molar-refractivity contribution in [2.24, 2.45) is 0 Å². The fourth-order valence-corrected chi connectivity index (χ4v) is 2.74. The topological polar surface area (TPSA) is 37.0 Å². The molecule has 1 aliphatic heterocycles. The van der Waals surface area contributed by atoms with E-state index in [0.717, 1.165) is 24.2 Å². The first-order chi connectivity index (χ1) is 8.19. The van der Waals surface area contributed by atoms with Crippen LogP contribution in [0.4, 0.5) is 0 Å². The normalized spacial score (nSPS) is 19.4. The minimum atomic E-state index is 0.517. The molecule has 0 saturated heterocycles. The summed E-state index contributed by atoms with van der Waals surface area (Å²) in [4.78, 5) is 3.43. The first-order valence-corrected chi connectivity index (χ1v) is 6.17. The van der Waals surface area contributed by atoms with Crippen molar-refractivity contribution < 1.29 is 4.74 Å². The van der Waals surface area contributed by atoms with Crippen LogP contribution < -0.4 is 10.1 Å². The Morgan fingerprint density at radius 3 is 3.00 bits per heavy atom. The standard InChI is InChI=1S/C13H15ClN2O/c1-7-3-8-9-4-13(17-2)10(14)5-11(9)16-12(8)6-15-7/h4-5,7,15-16H,3,6H2,1-2H3. The maximum atomic E-state index is 6.13. The summed E-state index contributed by atoms with van der Waals surface area (Å²) < 4.78 is 5.28. The number of hydrogen-bond acceptors (Lipinski definition) is 2. The third kappa shape index (κ3) is 1.70. The average molecular weight is 251 g/mol. The van der Waals surface area contributed by atoms with Gasteiger partial charge in [0.1, 0.15) is 5.75 Å². The molecule has 1 aromatic carbocycles. The van der Waals surface area contributed by atoms with E-state index < -0.39 is 0 Å². The van der Waals surface area contributed by atoms with E-state index in [1.807, 2.05) is 12.1 Å². The largest absolute Gasteiger partial charge is 0.495 e. The van der Waals surface area contributed by atoms with Crippen molar-refractivity contribution in [3.05, 3.63) is 28.4 Å². The van der Waals surface area contributed by atoms with Crippen molar-refractivity contribution in [2.45, 2.75) is 25.9 Å². The third-order valence-electron chi connectivity index (χ3n) is 3.40. The van der Waals surface area contributed by atoms with Crippen LogP contribution in [0.2, 0.25) is 5.02 Å². The molecule has 2 N–H and O–H groups in total. The molecular formula is C13H15ClN2O. The Bertz CT molecular complexity index is 576. The first kappa shape index (κ1) is 10.9. The Hall–Kier alpha value is -1.19. The third-order valence-corrected chi connectivity index (χ3v) is 3.70. The fourth-order valence-electron chi connectivity index (χ4n) is 2.50. The van der Waals surface area contributed by atoms with E-state index in [1.165, 1.54) is 16.6 Å². The highest BCUT2D eigenvalue weighted by Gasteiger charge is 2.20. The minimum Gasteiger partial charge on any atom is -0.495 e. The molecule has 0 aliphatic carbocycles. The molecule has 4 heteroatoms. The van der Waals surface area contributed by atoms with Crippen molar-refractivity contribution >= 4 is 22.5 Å². The zero-order chi connectivity index (χ0) is 12.0. The van der Waals surface area contributed by atoms with Crippen molar-refractivity contribution in [1.82, 2.24) is 10.3 Å². The zero-order valence-corrected chi connectivity index (χ0v) is 10.7. The quantitative estimate of drug-likeness (QED) is 0.817. The van der Waals surface area contributed by atoms with Crippen LogP contribution in [0.15, 0.2) is 12.1 Å². The second-order valence-electron chi connectivity index (χ2n) is 4.60. The Morgan fingerprint density at radius 1 is 1.41 bits per heavy atom. The summed E-state index contributed by atoms with van der Waals surface area (Å²) in [5.74, 6) is 0.743. The molecule has 0 fully saturated rings. The molecule has 0 saturated carbocycles. The van der Waals surface area contributed by atoms with Crippen LogP contribution in [0.3, 0.4) is 0 Å². The Morgan fingerprint density at radius 2 is 2.24 bits per heavy atom.